The molecule has 96 valence electrons. The summed E-state index contributed by atoms with van der Waals surface area (Å²) in [5, 5.41) is 10.3. The summed E-state index contributed by atoms with van der Waals surface area (Å²) >= 11 is 0. The predicted molar refractivity (Wildman–Crippen MR) is 70.7 cm³/mol. The highest BCUT2D eigenvalue weighted by molar-refractivity contribution is 5.08. The first-order chi connectivity index (χ1) is 8.31. The third-order valence-electron chi connectivity index (χ3n) is 4.24. The van der Waals surface area contributed by atoms with Crippen LogP contribution in [0.3, 0.4) is 0 Å². The number of aliphatic hydroxyl groups is 1. The van der Waals surface area contributed by atoms with Crippen molar-refractivity contribution >= 4 is 0 Å². The van der Waals surface area contributed by atoms with E-state index in [0.717, 1.165) is 11.6 Å². The molecule has 1 unspecified atom stereocenters. The van der Waals surface area contributed by atoms with Crippen molar-refractivity contribution in [2.75, 3.05) is 0 Å². The maximum Gasteiger partial charge on any atom is 0.0965 e. The molecule has 17 heavy (non-hydrogen) atoms. The summed E-state index contributed by atoms with van der Waals surface area (Å²) in [5.74, 6) is 1.38. The number of aromatic amines is 1. The van der Waals surface area contributed by atoms with Crippen molar-refractivity contribution in [3.8, 4) is 0 Å². The second-order valence-corrected chi connectivity index (χ2v) is 5.49. The zero-order valence-electron chi connectivity index (χ0n) is 10.9. The minimum atomic E-state index is -0.280. The molecule has 2 heteroatoms. The third-order valence-corrected chi connectivity index (χ3v) is 4.24. The van der Waals surface area contributed by atoms with Crippen molar-refractivity contribution in [3.05, 3.63) is 24.0 Å². The quantitative estimate of drug-likeness (QED) is 0.793. The zero-order valence-corrected chi connectivity index (χ0v) is 10.9. The summed E-state index contributed by atoms with van der Waals surface area (Å²) in [6.45, 7) is 2.26. The molecule has 0 radical (unpaired) electrons. The first-order valence-electron chi connectivity index (χ1n) is 7.12. The van der Waals surface area contributed by atoms with Crippen LogP contribution in [0, 0.1) is 11.8 Å². The molecular formula is C15H25NO. The molecular weight excluding hydrogens is 210 g/mol. The van der Waals surface area contributed by atoms with Crippen molar-refractivity contribution in [1.29, 1.82) is 0 Å². The fraction of sp³-hybridized carbons (Fsp3) is 0.733. The number of aromatic nitrogens is 1. The van der Waals surface area contributed by atoms with E-state index in [1.54, 1.807) is 0 Å². The van der Waals surface area contributed by atoms with E-state index in [9.17, 15) is 5.11 Å². The average molecular weight is 235 g/mol. The van der Waals surface area contributed by atoms with Crippen molar-refractivity contribution in [3.63, 3.8) is 0 Å². The predicted octanol–water partition coefficient (Wildman–Crippen LogP) is 4.04. The third kappa shape index (κ3) is 3.35. The first kappa shape index (κ1) is 12.7. The Morgan fingerprint density at radius 1 is 1.35 bits per heavy atom. The van der Waals surface area contributed by atoms with Gasteiger partial charge in [-0.3, -0.25) is 0 Å². The zero-order chi connectivity index (χ0) is 12.1. The van der Waals surface area contributed by atoms with Gasteiger partial charge in [-0.15, -0.1) is 0 Å². The maximum atomic E-state index is 10.3. The molecule has 0 amide bonds. The fourth-order valence-electron chi connectivity index (χ4n) is 3.07. The number of nitrogens with one attached hydrogen (secondary N) is 1. The van der Waals surface area contributed by atoms with Crippen LogP contribution in [0.5, 0.6) is 0 Å². The monoisotopic (exact) mass is 235 g/mol. The van der Waals surface area contributed by atoms with E-state index in [-0.39, 0.29) is 6.10 Å². The molecule has 2 rings (SSSR count). The van der Waals surface area contributed by atoms with Gasteiger partial charge in [0.15, 0.2) is 0 Å². The SMILES string of the molecule is CCCCC1CCC(C(O)c2ccc[nH]2)CC1. The van der Waals surface area contributed by atoms with E-state index in [1.807, 2.05) is 18.3 Å². The van der Waals surface area contributed by atoms with Crippen LogP contribution in [0.15, 0.2) is 18.3 Å². The molecule has 1 aromatic heterocycles. The summed E-state index contributed by atoms with van der Waals surface area (Å²) in [4.78, 5) is 3.13. The lowest BCUT2D eigenvalue weighted by molar-refractivity contribution is 0.0691. The van der Waals surface area contributed by atoms with Crippen LogP contribution < -0.4 is 0 Å². The fourth-order valence-corrected chi connectivity index (χ4v) is 3.07. The number of aliphatic hydroxyl groups excluding tert-OH is 1. The van der Waals surface area contributed by atoms with Crippen LogP contribution in [0.4, 0.5) is 0 Å². The molecule has 1 fully saturated rings. The molecule has 2 nitrogen and oxygen atoms in total. The number of hydrogen-bond donors (Lipinski definition) is 2. The lowest BCUT2D eigenvalue weighted by atomic mass is 9.77. The van der Waals surface area contributed by atoms with E-state index < -0.39 is 0 Å². The highest BCUT2D eigenvalue weighted by atomic mass is 16.3. The lowest BCUT2D eigenvalue weighted by Crippen LogP contribution is -2.20. The smallest absolute Gasteiger partial charge is 0.0965 e. The highest BCUT2D eigenvalue weighted by Gasteiger charge is 2.27. The van der Waals surface area contributed by atoms with Gasteiger partial charge in [0.2, 0.25) is 0 Å². The number of hydrogen-bond acceptors (Lipinski definition) is 1. The number of unbranched alkanes of at least 4 members (excludes halogenated alkanes) is 1. The Kier molecular flexibility index (Phi) is 4.66. The van der Waals surface area contributed by atoms with Gasteiger partial charge < -0.3 is 10.1 Å². The van der Waals surface area contributed by atoms with E-state index in [1.165, 1.54) is 44.9 Å². The Labute approximate surface area is 104 Å². The largest absolute Gasteiger partial charge is 0.387 e. The van der Waals surface area contributed by atoms with Gasteiger partial charge in [-0.25, -0.2) is 0 Å². The van der Waals surface area contributed by atoms with E-state index in [4.69, 9.17) is 0 Å². The molecule has 0 bridgehead atoms. The molecule has 1 aromatic rings. The molecule has 0 saturated heterocycles. The molecule has 1 heterocycles. The molecule has 0 aliphatic heterocycles. The summed E-state index contributed by atoms with van der Waals surface area (Å²) in [7, 11) is 0. The van der Waals surface area contributed by atoms with E-state index in [0.29, 0.717) is 5.92 Å². The Morgan fingerprint density at radius 2 is 2.12 bits per heavy atom. The van der Waals surface area contributed by atoms with Gasteiger partial charge in [-0.2, -0.15) is 0 Å². The van der Waals surface area contributed by atoms with Crippen LogP contribution in [0.1, 0.15) is 63.7 Å². The first-order valence-corrected chi connectivity index (χ1v) is 7.12. The molecule has 1 aliphatic rings. The van der Waals surface area contributed by atoms with Crippen molar-refractivity contribution in [1.82, 2.24) is 4.98 Å². The van der Waals surface area contributed by atoms with Gasteiger partial charge in [0, 0.05) is 11.9 Å². The lowest BCUT2D eigenvalue weighted by Gasteiger charge is -2.31. The normalized spacial score (nSPS) is 26.9. The topological polar surface area (TPSA) is 36.0 Å². The molecule has 1 atom stereocenters. The van der Waals surface area contributed by atoms with Crippen LogP contribution >= 0.6 is 0 Å². The van der Waals surface area contributed by atoms with Crippen LogP contribution in [0.2, 0.25) is 0 Å². The summed E-state index contributed by atoms with van der Waals surface area (Å²) in [6.07, 6.45) is 10.7. The number of H-pyrrole nitrogens is 1. The van der Waals surface area contributed by atoms with Crippen LogP contribution in [-0.2, 0) is 0 Å². The van der Waals surface area contributed by atoms with E-state index >= 15 is 0 Å². The molecule has 1 aliphatic carbocycles. The van der Waals surface area contributed by atoms with Gasteiger partial charge in [-0.05, 0) is 36.8 Å². The number of rotatable bonds is 5. The highest BCUT2D eigenvalue weighted by Crippen LogP contribution is 2.37. The average Bonchev–Trinajstić information content (AvgIpc) is 2.90. The minimum absolute atomic E-state index is 0.280. The van der Waals surface area contributed by atoms with Crippen LogP contribution in [0.25, 0.3) is 0 Å². The van der Waals surface area contributed by atoms with Crippen molar-refractivity contribution in [2.45, 2.75) is 58.0 Å². The second-order valence-electron chi connectivity index (χ2n) is 5.49. The maximum absolute atomic E-state index is 10.3. The Hall–Kier alpha value is -0.760. The van der Waals surface area contributed by atoms with Crippen molar-refractivity contribution in [2.24, 2.45) is 11.8 Å². The van der Waals surface area contributed by atoms with Gasteiger partial charge in [0.25, 0.3) is 0 Å². The van der Waals surface area contributed by atoms with Gasteiger partial charge in [0.05, 0.1) is 6.10 Å². The van der Waals surface area contributed by atoms with Gasteiger partial charge in [-0.1, -0.05) is 39.0 Å². The summed E-state index contributed by atoms with van der Waals surface area (Å²) < 4.78 is 0. The summed E-state index contributed by atoms with van der Waals surface area (Å²) in [6, 6.07) is 3.96. The molecule has 1 saturated carbocycles. The van der Waals surface area contributed by atoms with E-state index in [2.05, 4.69) is 11.9 Å². The molecule has 0 spiro atoms. The summed E-state index contributed by atoms with van der Waals surface area (Å²) in [5.41, 5.74) is 0.988. The van der Waals surface area contributed by atoms with Gasteiger partial charge >= 0.3 is 0 Å². The van der Waals surface area contributed by atoms with Crippen molar-refractivity contribution < 1.29 is 5.11 Å². The standard InChI is InChI=1S/C15H25NO/c1-2-3-5-12-7-9-13(10-8-12)15(17)14-6-4-11-16-14/h4,6,11-13,15-17H,2-3,5,7-10H2,1H3. The van der Waals surface area contributed by atoms with Gasteiger partial charge in [0.1, 0.15) is 0 Å². The second kappa shape index (κ2) is 6.25. The Morgan fingerprint density at radius 3 is 2.71 bits per heavy atom. The minimum Gasteiger partial charge on any atom is -0.387 e. The van der Waals surface area contributed by atoms with Crippen LogP contribution in [-0.4, -0.2) is 10.1 Å². The molecule has 0 aromatic carbocycles. The Balaban J connectivity index is 1.79. The molecule has 2 N–H and O–H groups in total. The Bertz CT molecular complexity index is 299.